The van der Waals surface area contributed by atoms with Gasteiger partial charge in [0.05, 0.1) is 22.2 Å². The van der Waals surface area contributed by atoms with Crippen molar-refractivity contribution in [3.8, 4) is 0 Å². The number of ether oxygens (including phenoxy) is 1. The molecule has 0 aromatic heterocycles. The van der Waals surface area contributed by atoms with Crippen molar-refractivity contribution in [1.82, 2.24) is 0 Å². The molecule has 0 bridgehead atoms. The molecule has 1 aromatic carbocycles. The summed E-state index contributed by atoms with van der Waals surface area (Å²) in [5, 5.41) is 10.4. The van der Waals surface area contributed by atoms with Crippen LogP contribution in [0.5, 0.6) is 0 Å². The van der Waals surface area contributed by atoms with Gasteiger partial charge in [-0.05, 0) is 37.0 Å². The van der Waals surface area contributed by atoms with Crippen molar-refractivity contribution >= 4 is 34.9 Å². The van der Waals surface area contributed by atoms with Crippen molar-refractivity contribution in [3.63, 3.8) is 0 Å². The van der Waals surface area contributed by atoms with Gasteiger partial charge in [-0.3, -0.25) is 4.79 Å². The molecule has 2 atom stereocenters. The highest BCUT2D eigenvalue weighted by atomic mass is 35.5. The van der Waals surface area contributed by atoms with Crippen LogP contribution in [0.3, 0.4) is 0 Å². The quantitative estimate of drug-likeness (QED) is 0.837. The van der Waals surface area contributed by atoms with Gasteiger partial charge < -0.3 is 15.6 Å². The van der Waals surface area contributed by atoms with Crippen molar-refractivity contribution in [2.75, 3.05) is 12.3 Å². The topological polar surface area (TPSA) is 72.5 Å². The molecule has 0 amide bonds. The van der Waals surface area contributed by atoms with Crippen molar-refractivity contribution in [2.45, 2.75) is 37.7 Å². The molecule has 1 aromatic rings. The van der Waals surface area contributed by atoms with Gasteiger partial charge in [0.15, 0.2) is 0 Å². The van der Waals surface area contributed by atoms with Gasteiger partial charge in [-0.2, -0.15) is 0 Å². The summed E-state index contributed by atoms with van der Waals surface area (Å²) in [6.07, 6.45) is 1.39. The van der Waals surface area contributed by atoms with Crippen LogP contribution in [0.4, 0.5) is 5.69 Å². The zero-order valence-electron chi connectivity index (χ0n) is 11.2. The summed E-state index contributed by atoms with van der Waals surface area (Å²) in [5.74, 6) is -0.913. The third kappa shape index (κ3) is 2.60. The minimum atomic E-state index is -1.09. The highest BCUT2D eigenvalue weighted by Gasteiger charge is 2.46. The summed E-state index contributed by atoms with van der Waals surface area (Å²) < 4.78 is 5.58. The molecule has 1 saturated heterocycles. The number of nitrogens with two attached hydrogens (primary N) is 1. The summed E-state index contributed by atoms with van der Waals surface area (Å²) in [6.45, 7) is 2.35. The van der Waals surface area contributed by atoms with Crippen LogP contribution in [-0.4, -0.2) is 23.8 Å². The van der Waals surface area contributed by atoms with E-state index in [4.69, 9.17) is 33.7 Å². The van der Waals surface area contributed by atoms with E-state index in [1.165, 1.54) is 6.07 Å². The SMILES string of the molecule is CCC1CC(C(=O)O)(c2cc(Cl)cc(Cl)c2N)CCO1. The first-order chi connectivity index (χ1) is 9.40. The molecule has 6 heteroatoms. The van der Waals surface area contributed by atoms with Crippen LogP contribution in [0, 0.1) is 0 Å². The van der Waals surface area contributed by atoms with Gasteiger partial charge in [0.25, 0.3) is 0 Å². The van der Waals surface area contributed by atoms with E-state index in [1.54, 1.807) is 6.07 Å². The van der Waals surface area contributed by atoms with Crippen LogP contribution in [-0.2, 0) is 14.9 Å². The van der Waals surface area contributed by atoms with Crippen molar-refractivity contribution in [3.05, 3.63) is 27.7 Å². The molecule has 3 N–H and O–H groups in total. The van der Waals surface area contributed by atoms with Gasteiger partial charge in [0, 0.05) is 11.6 Å². The number of benzene rings is 1. The van der Waals surface area contributed by atoms with Gasteiger partial charge in [-0.25, -0.2) is 0 Å². The minimum absolute atomic E-state index is 0.1000. The summed E-state index contributed by atoms with van der Waals surface area (Å²) in [4.78, 5) is 11.9. The zero-order chi connectivity index (χ0) is 14.9. The van der Waals surface area contributed by atoms with Crippen molar-refractivity contribution in [1.29, 1.82) is 0 Å². The lowest BCUT2D eigenvalue weighted by Gasteiger charge is -2.38. The maximum atomic E-state index is 11.9. The van der Waals surface area contributed by atoms with Gasteiger partial charge in [0.1, 0.15) is 0 Å². The van der Waals surface area contributed by atoms with Gasteiger partial charge in [-0.15, -0.1) is 0 Å². The summed E-state index contributed by atoms with van der Waals surface area (Å²) in [7, 11) is 0. The molecule has 0 saturated carbocycles. The first kappa shape index (κ1) is 15.4. The predicted molar refractivity (Wildman–Crippen MR) is 79.5 cm³/mol. The Morgan fingerprint density at radius 3 is 2.85 bits per heavy atom. The molecule has 1 aliphatic heterocycles. The molecule has 2 unspecified atom stereocenters. The number of hydrogen-bond acceptors (Lipinski definition) is 3. The minimum Gasteiger partial charge on any atom is -0.481 e. The van der Waals surface area contributed by atoms with E-state index in [-0.39, 0.29) is 16.8 Å². The Kier molecular flexibility index (Phi) is 4.47. The summed E-state index contributed by atoms with van der Waals surface area (Å²) in [5.41, 5.74) is 5.69. The second-order valence-electron chi connectivity index (χ2n) is 5.09. The lowest BCUT2D eigenvalue weighted by Crippen LogP contribution is -2.45. The molecular formula is C14H17Cl2NO3. The van der Waals surface area contributed by atoms with E-state index in [2.05, 4.69) is 0 Å². The number of carboxylic acids is 1. The molecule has 2 rings (SSSR count). The molecule has 0 spiro atoms. The molecule has 1 fully saturated rings. The predicted octanol–water partition coefficient (Wildman–Crippen LogP) is 3.49. The van der Waals surface area contributed by atoms with E-state index >= 15 is 0 Å². The Morgan fingerprint density at radius 2 is 2.25 bits per heavy atom. The van der Waals surface area contributed by atoms with Crippen molar-refractivity contribution in [2.24, 2.45) is 0 Å². The number of carbonyl (C=O) groups is 1. The van der Waals surface area contributed by atoms with E-state index in [0.717, 1.165) is 6.42 Å². The fourth-order valence-corrected chi connectivity index (χ4v) is 3.24. The standard InChI is InChI=1S/C14H17Cl2NO3/c1-2-9-7-14(13(18)19,3-4-20-9)10-5-8(15)6-11(16)12(10)17/h5-6,9H,2-4,7,17H2,1H3,(H,18,19). The Labute approximate surface area is 127 Å². The Morgan fingerprint density at radius 1 is 1.55 bits per heavy atom. The van der Waals surface area contributed by atoms with Crippen LogP contribution in [0.25, 0.3) is 0 Å². The molecule has 4 nitrogen and oxygen atoms in total. The second-order valence-corrected chi connectivity index (χ2v) is 5.93. The number of aliphatic carboxylic acids is 1. The lowest BCUT2D eigenvalue weighted by molar-refractivity contribution is -0.150. The van der Waals surface area contributed by atoms with Crippen LogP contribution in [0.2, 0.25) is 10.0 Å². The van der Waals surface area contributed by atoms with Gasteiger partial charge in [-0.1, -0.05) is 30.1 Å². The first-order valence-corrected chi connectivity index (χ1v) is 7.26. The summed E-state index contributed by atoms with van der Waals surface area (Å²) >= 11 is 12.1. The average molecular weight is 318 g/mol. The molecule has 1 aliphatic rings. The molecule has 0 radical (unpaired) electrons. The largest absolute Gasteiger partial charge is 0.481 e. The smallest absolute Gasteiger partial charge is 0.314 e. The van der Waals surface area contributed by atoms with Gasteiger partial charge in [0.2, 0.25) is 0 Å². The highest BCUT2D eigenvalue weighted by Crippen LogP contribution is 2.44. The van der Waals surface area contributed by atoms with E-state index in [1.807, 2.05) is 6.92 Å². The van der Waals surface area contributed by atoms with Crippen LogP contribution >= 0.6 is 23.2 Å². The van der Waals surface area contributed by atoms with E-state index in [0.29, 0.717) is 30.0 Å². The lowest BCUT2D eigenvalue weighted by atomic mass is 9.71. The molecule has 20 heavy (non-hydrogen) atoms. The van der Waals surface area contributed by atoms with Gasteiger partial charge >= 0.3 is 5.97 Å². The first-order valence-electron chi connectivity index (χ1n) is 6.50. The Bertz CT molecular complexity index is 535. The second kappa shape index (κ2) is 5.80. The molecule has 0 aliphatic carbocycles. The average Bonchev–Trinajstić information content (AvgIpc) is 2.42. The molecule has 110 valence electrons. The fraction of sp³-hybridized carbons (Fsp3) is 0.500. The molecule has 1 heterocycles. The number of rotatable bonds is 3. The van der Waals surface area contributed by atoms with Crippen LogP contribution in [0.15, 0.2) is 12.1 Å². The normalized spacial score (nSPS) is 26.4. The maximum Gasteiger partial charge on any atom is 0.314 e. The summed E-state index contributed by atoms with van der Waals surface area (Å²) in [6, 6.07) is 3.13. The van der Waals surface area contributed by atoms with Crippen molar-refractivity contribution < 1.29 is 14.6 Å². The number of nitrogen functional groups attached to an aromatic ring is 1. The van der Waals surface area contributed by atoms with E-state index < -0.39 is 11.4 Å². The number of halogens is 2. The van der Waals surface area contributed by atoms with Crippen LogP contribution < -0.4 is 5.73 Å². The number of anilines is 1. The van der Waals surface area contributed by atoms with Crippen LogP contribution in [0.1, 0.15) is 31.7 Å². The third-order valence-corrected chi connectivity index (χ3v) is 4.46. The Hall–Kier alpha value is -0.970. The van der Waals surface area contributed by atoms with E-state index in [9.17, 15) is 9.90 Å². The number of hydrogen-bond donors (Lipinski definition) is 2. The fourth-order valence-electron chi connectivity index (χ4n) is 2.75. The highest BCUT2D eigenvalue weighted by molar-refractivity contribution is 6.36. The maximum absolute atomic E-state index is 11.9. The number of carboxylic acid groups (broad SMARTS) is 1. The monoisotopic (exact) mass is 317 g/mol. The third-order valence-electron chi connectivity index (χ3n) is 3.93. The Balaban J connectivity index is 2.56. The zero-order valence-corrected chi connectivity index (χ0v) is 12.7. The molecular weight excluding hydrogens is 301 g/mol.